The van der Waals surface area contributed by atoms with Crippen molar-refractivity contribution in [3.05, 3.63) is 18.0 Å². The largest absolute Gasteiger partial charge is 0.332 e. The Morgan fingerprint density at radius 3 is 2.94 bits per heavy atom. The standard InChI is InChI=1S/C12H20N4O/c1-9(10-4-5-10)15(2)12(17)13-8-11-6-7-14-16(11)3/h6-7,9-10H,4-5,8H2,1-3H3,(H,13,17). The van der Waals surface area contributed by atoms with E-state index in [2.05, 4.69) is 17.3 Å². The molecule has 1 atom stereocenters. The number of carbonyl (C=O) groups excluding carboxylic acids is 1. The first-order chi connectivity index (χ1) is 8.09. The molecule has 2 amide bonds. The van der Waals surface area contributed by atoms with Gasteiger partial charge in [0.15, 0.2) is 0 Å². The van der Waals surface area contributed by atoms with Gasteiger partial charge in [-0.05, 0) is 31.7 Å². The van der Waals surface area contributed by atoms with Gasteiger partial charge in [-0.15, -0.1) is 0 Å². The van der Waals surface area contributed by atoms with E-state index in [0.29, 0.717) is 18.5 Å². The van der Waals surface area contributed by atoms with E-state index in [-0.39, 0.29) is 6.03 Å². The Balaban J connectivity index is 1.82. The van der Waals surface area contributed by atoms with Crippen molar-refractivity contribution in [2.24, 2.45) is 13.0 Å². The van der Waals surface area contributed by atoms with Crippen molar-refractivity contribution in [3.63, 3.8) is 0 Å². The maximum absolute atomic E-state index is 11.9. The number of nitrogens with zero attached hydrogens (tertiary/aromatic N) is 3. The lowest BCUT2D eigenvalue weighted by molar-refractivity contribution is 0.187. The summed E-state index contributed by atoms with van der Waals surface area (Å²) in [6.45, 7) is 2.64. The van der Waals surface area contributed by atoms with Crippen LogP contribution in [0.2, 0.25) is 0 Å². The molecular formula is C12H20N4O. The predicted octanol–water partition coefficient (Wildman–Crippen LogP) is 1.36. The number of rotatable bonds is 4. The smallest absolute Gasteiger partial charge is 0.317 e. The summed E-state index contributed by atoms with van der Waals surface area (Å²) in [5, 5.41) is 6.98. The number of hydrogen-bond acceptors (Lipinski definition) is 2. The third-order valence-corrected chi connectivity index (χ3v) is 3.58. The predicted molar refractivity (Wildman–Crippen MR) is 65.4 cm³/mol. The molecule has 1 saturated carbocycles. The lowest BCUT2D eigenvalue weighted by Gasteiger charge is -2.25. The summed E-state index contributed by atoms with van der Waals surface area (Å²) in [5.74, 6) is 0.697. The molecule has 94 valence electrons. The van der Waals surface area contributed by atoms with E-state index in [1.807, 2.05) is 20.2 Å². The zero-order valence-corrected chi connectivity index (χ0v) is 10.7. The highest BCUT2D eigenvalue weighted by atomic mass is 16.2. The highest BCUT2D eigenvalue weighted by Crippen LogP contribution is 2.34. The minimum atomic E-state index is -0.00870. The van der Waals surface area contributed by atoms with Gasteiger partial charge in [0.1, 0.15) is 0 Å². The van der Waals surface area contributed by atoms with Crippen LogP contribution in [0.5, 0.6) is 0 Å². The van der Waals surface area contributed by atoms with Crippen molar-refractivity contribution < 1.29 is 4.79 Å². The highest BCUT2D eigenvalue weighted by Gasteiger charge is 2.32. The number of aryl methyl sites for hydroxylation is 1. The van der Waals surface area contributed by atoms with Crippen LogP contribution >= 0.6 is 0 Å². The summed E-state index contributed by atoms with van der Waals surface area (Å²) in [4.78, 5) is 13.7. The Bertz CT molecular complexity index is 397. The van der Waals surface area contributed by atoms with Crippen molar-refractivity contribution in [2.75, 3.05) is 7.05 Å². The normalized spacial score (nSPS) is 16.6. The zero-order chi connectivity index (χ0) is 12.4. The minimum Gasteiger partial charge on any atom is -0.332 e. The van der Waals surface area contributed by atoms with Gasteiger partial charge >= 0.3 is 6.03 Å². The monoisotopic (exact) mass is 236 g/mol. The average Bonchev–Trinajstić information content (AvgIpc) is 3.08. The maximum Gasteiger partial charge on any atom is 0.317 e. The second-order valence-electron chi connectivity index (χ2n) is 4.79. The van der Waals surface area contributed by atoms with Gasteiger partial charge in [-0.25, -0.2) is 4.79 Å². The first-order valence-electron chi connectivity index (χ1n) is 6.07. The Kier molecular flexibility index (Phi) is 3.36. The second-order valence-corrected chi connectivity index (χ2v) is 4.79. The van der Waals surface area contributed by atoms with Gasteiger partial charge in [-0.1, -0.05) is 0 Å². The third kappa shape index (κ3) is 2.78. The quantitative estimate of drug-likeness (QED) is 0.858. The summed E-state index contributed by atoms with van der Waals surface area (Å²) >= 11 is 0. The van der Waals surface area contributed by atoms with Crippen molar-refractivity contribution in [1.82, 2.24) is 20.0 Å². The third-order valence-electron chi connectivity index (χ3n) is 3.58. The molecular weight excluding hydrogens is 216 g/mol. The van der Waals surface area contributed by atoms with Gasteiger partial charge in [-0.2, -0.15) is 5.10 Å². The van der Waals surface area contributed by atoms with E-state index in [1.165, 1.54) is 12.8 Å². The molecule has 0 spiro atoms. The van der Waals surface area contributed by atoms with Crippen molar-refractivity contribution in [3.8, 4) is 0 Å². The Morgan fingerprint density at radius 2 is 2.41 bits per heavy atom. The average molecular weight is 236 g/mol. The first-order valence-corrected chi connectivity index (χ1v) is 6.07. The van der Waals surface area contributed by atoms with Crippen molar-refractivity contribution in [1.29, 1.82) is 0 Å². The fourth-order valence-electron chi connectivity index (χ4n) is 1.95. The second kappa shape index (κ2) is 4.77. The van der Waals surface area contributed by atoms with Crippen LogP contribution in [0.25, 0.3) is 0 Å². The Morgan fingerprint density at radius 1 is 1.71 bits per heavy atom. The molecule has 2 rings (SSSR count). The molecule has 0 aromatic carbocycles. The lowest BCUT2D eigenvalue weighted by Crippen LogP contribution is -2.43. The molecule has 0 radical (unpaired) electrons. The lowest BCUT2D eigenvalue weighted by atomic mass is 10.2. The van der Waals surface area contributed by atoms with Gasteiger partial charge in [0.05, 0.1) is 12.2 Å². The van der Waals surface area contributed by atoms with Gasteiger partial charge in [0.2, 0.25) is 0 Å². The van der Waals surface area contributed by atoms with Crippen LogP contribution in [0.1, 0.15) is 25.5 Å². The molecule has 1 aromatic rings. The molecule has 1 aliphatic carbocycles. The SMILES string of the molecule is CC(C1CC1)N(C)C(=O)NCc1ccnn1C. The number of aromatic nitrogens is 2. The van der Waals surface area contributed by atoms with Crippen molar-refractivity contribution in [2.45, 2.75) is 32.4 Å². The molecule has 0 bridgehead atoms. The molecule has 17 heavy (non-hydrogen) atoms. The van der Waals surface area contributed by atoms with Crippen LogP contribution in [0.4, 0.5) is 4.79 Å². The number of nitrogens with one attached hydrogen (secondary N) is 1. The van der Waals surface area contributed by atoms with Gasteiger partial charge in [0, 0.05) is 26.3 Å². The molecule has 5 heteroatoms. The van der Waals surface area contributed by atoms with Gasteiger partial charge in [-0.3, -0.25) is 4.68 Å². The van der Waals surface area contributed by atoms with Gasteiger partial charge in [0.25, 0.3) is 0 Å². The van der Waals surface area contributed by atoms with Crippen LogP contribution in [0, 0.1) is 5.92 Å². The van der Waals surface area contributed by atoms with E-state index >= 15 is 0 Å². The summed E-state index contributed by atoms with van der Waals surface area (Å²) in [6.07, 6.45) is 4.24. The topological polar surface area (TPSA) is 50.2 Å². The summed E-state index contributed by atoms with van der Waals surface area (Å²) in [6, 6.07) is 2.23. The van der Waals surface area contributed by atoms with Gasteiger partial charge < -0.3 is 10.2 Å². The van der Waals surface area contributed by atoms with E-state index in [9.17, 15) is 4.79 Å². The van der Waals surface area contributed by atoms with E-state index < -0.39 is 0 Å². The first kappa shape index (κ1) is 12.0. The van der Waals surface area contributed by atoms with Crippen LogP contribution in [0.15, 0.2) is 12.3 Å². The van der Waals surface area contributed by atoms with E-state index in [0.717, 1.165) is 5.69 Å². The van der Waals surface area contributed by atoms with Crippen LogP contribution in [0.3, 0.4) is 0 Å². The van der Waals surface area contributed by atoms with Crippen LogP contribution in [-0.4, -0.2) is 33.8 Å². The molecule has 1 fully saturated rings. The van der Waals surface area contributed by atoms with E-state index in [1.54, 1.807) is 15.8 Å². The fourth-order valence-corrected chi connectivity index (χ4v) is 1.95. The molecule has 1 N–H and O–H groups in total. The number of amides is 2. The van der Waals surface area contributed by atoms with Crippen molar-refractivity contribution >= 4 is 6.03 Å². The zero-order valence-electron chi connectivity index (χ0n) is 10.7. The molecule has 0 aliphatic heterocycles. The van der Waals surface area contributed by atoms with Crippen LogP contribution in [-0.2, 0) is 13.6 Å². The molecule has 1 aliphatic rings. The molecule has 1 unspecified atom stereocenters. The number of carbonyl (C=O) groups is 1. The fraction of sp³-hybridized carbons (Fsp3) is 0.667. The summed E-state index contributed by atoms with van der Waals surface area (Å²) < 4.78 is 1.77. The molecule has 1 aromatic heterocycles. The number of urea groups is 1. The minimum absolute atomic E-state index is 0.00870. The Hall–Kier alpha value is -1.52. The Labute approximate surface area is 102 Å². The number of hydrogen-bond donors (Lipinski definition) is 1. The highest BCUT2D eigenvalue weighted by molar-refractivity contribution is 5.74. The molecule has 1 heterocycles. The summed E-state index contributed by atoms with van der Waals surface area (Å²) in [5.41, 5.74) is 1.01. The maximum atomic E-state index is 11.9. The van der Waals surface area contributed by atoms with Crippen LogP contribution < -0.4 is 5.32 Å². The van der Waals surface area contributed by atoms with E-state index in [4.69, 9.17) is 0 Å². The molecule has 5 nitrogen and oxygen atoms in total. The summed E-state index contributed by atoms with van der Waals surface area (Å²) in [7, 11) is 3.74. The molecule has 0 saturated heterocycles.